The van der Waals surface area contributed by atoms with Gasteiger partial charge in [0.1, 0.15) is 0 Å². The average molecular weight is 400 g/mol. The van der Waals surface area contributed by atoms with E-state index in [0.29, 0.717) is 24.0 Å². The van der Waals surface area contributed by atoms with Gasteiger partial charge in [-0.3, -0.25) is 4.39 Å². The van der Waals surface area contributed by atoms with Crippen molar-refractivity contribution < 1.29 is 26.0 Å². The van der Waals surface area contributed by atoms with E-state index in [-0.39, 0.29) is 10.9 Å². The second-order valence-corrected chi connectivity index (χ2v) is 7.90. The average Bonchev–Trinajstić information content (AvgIpc) is 3.05. The number of nitrogens with zero attached hydrogens (tertiary/aromatic N) is 1. The molecule has 0 saturated heterocycles. The van der Waals surface area contributed by atoms with E-state index < -0.39 is 28.4 Å². The lowest BCUT2D eigenvalue weighted by Crippen LogP contribution is -2.13. The number of alkyl halides is 4. The number of halogens is 4. The maximum atomic E-state index is 13.2. The second kappa shape index (κ2) is 7.05. The first-order valence-corrected chi connectivity index (χ1v) is 9.59. The molecule has 3 rings (SSSR count). The molecule has 1 aromatic heterocycles. The summed E-state index contributed by atoms with van der Waals surface area (Å²) in [4.78, 5) is 3.83. The number of benzene rings is 1. The number of hydrogen-bond acceptors (Lipinski definition) is 3. The normalized spacial score (nSPS) is 18.2. The molecule has 4 nitrogen and oxygen atoms in total. The van der Waals surface area contributed by atoms with Gasteiger partial charge in [0.05, 0.1) is 12.2 Å². The highest BCUT2D eigenvalue weighted by atomic mass is 32.2. The maximum absolute atomic E-state index is 13.2. The van der Waals surface area contributed by atoms with Gasteiger partial charge in [0, 0.05) is 6.20 Å². The van der Waals surface area contributed by atoms with Crippen LogP contribution in [0.5, 0.6) is 0 Å². The molecule has 1 aliphatic rings. The van der Waals surface area contributed by atoms with Gasteiger partial charge in [-0.15, -0.1) is 0 Å². The van der Waals surface area contributed by atoms with Crippen molar-refractivity contribution >= 4 is 21.2 Å². The fraction of sp³-hybridized carbons (Fsp3) is 0.278. The van der Waals surface area contributed by atoms with Crippen molar-refractivity contribution in [1.29, 1.82) is 0 Å². The van der Waals surface area contributed by atoms with Crippen LogP contribution in [0, 0.1) is 5.92 Å². The Kier molecular flexibility index (Phi) is 5.09. The molecule has 1 heterocycles. The molecule has 1 atom stereocenters. The summed E-state index contributed by atoms with van der Waals surface area (Å²) in [5, 5.41) is 4.74. The second-order valence-electron chi connectivity index (χ2n) is 6.39. The quantitative estimate of drug-likeness (QED) is 0.788. The predicted octanol–water partition coefficient (Wildman–Crippen LogP) is 4.04. The van der Waals surface area contributed by atoms with Crippen molar-refractivity contribution in [3.8, 4) is 0 Å². The Morgan fingerprint density at radius 2 is 1.56 bits per heavy atom. The molecule has 0 fully saturated rings. The van der Waals surface area contributed by atoms with Crippen LogP contribution in [0.3, 0.4) is 0 Å². The molecule has 144 valence electrons. The van der Waals surface area contributed by atoms with Gasteiger partial charge in [0.2, 0.25) is 0 Å². The lowest BCUT2D eigenvalue weighted by molar-refractivity contribution is -0.137. The number of allylic oxidation sites excluding steroid dienone is 2. The van der Waals surface area contributed by atoms with Crippen LogP contribution in [0.4, 0.5) is 17.6 Å². The summed E-state index contributed by atoms with van der Waals surface area (Å²) in [6.07, 6.45) is -2.32. The van der Waals surface area contributed by atoms with Gasteiger partial charge in [-0.1, -0.05) is 18.2 Å². The molecule has 0 radical (unpaired) electrons. The van der Waals surface area contributed by atoms with Crippen LogP contribution in [0.1, 0.15) is 29.5 Å². The van der Waals surface area contributed by atoms with Crippen LogP contribution in [-0.2, 0) is 16.2 Å². The molecule has 1 unspecified atom stereocenters. The van der Waals surface area contributed by atoms with Gasteiger partial charge in [-0.2, -0.15) is 13.2 Å². The van der Waals surface area contributed by atoms with Gasteiger partial charge in [0.25, 0.3) is 10.0 Å². The van der Waals surface area contributed by atoms with E-state index in [9.17, 15) is 26.0 Å². The van der Waals surface area contributed by atoms with Crippen LogP contribution in [0.2, 0.25) is 0 Å². The highest BCUT2D eigenvalue weighted by Gasteiger charge is 2.31. The molecular formula is C18H16F4N2O2S. The number of primary sulfonamides is 1. The Labute approximate surface area is 153 Å². The third-order valence-electron chi connectivity index (χ3n) is 4.51. The summed E-state index contributed by atoms with van der Waals surface area (Å²) >= 11 is 0. The van der Waals surface area contributed by atoms with Gasteiger partial charge >= 0.3 is 6.18 Å². The number of aromatic nitrogens is 1. The molecule has 27 heavy (non-hydrogen) atoms. The van der Waals surface area contributed by atoms with Crippen molar-refractivity contribution in [2.24, 2.45) is 11.1 Å². The molecule has 0 aliphatic heterocycles. The van der Waals surface area contributed by atoms with E-state index in [1.807, 2.05) is 0 Å². The van der Waals surface area contributed by atoms with Crippen molar-refractivity contribution in [1.82, 2.24) is 4.98 Å². The number of rotatable bonds is 4. The van der Waals surface area contributed by atoms with Crippen LogP contribution in [0.25, 0.3) is 11.1 Å². The fourth-order valence-electron chi connectivity index (χ4n) is 3.18. The summed E-state index contributed by atoms with van der Waals surface area (Å²) in [6, 6.07) is 7.49. The van der Waals surface area contributed by atoms with Gasteiger partial charge in [0.15, 0.2) is 5.03 Å². The van der Waals surface area contributed by atoms with E-state index in [2.05, 4.69) is 4.98 Å². The summed E-state index contributed by atoms with van der Waals surface area (Å²) in [7, 11) is -3.94. The summed E-state index contributed by atoms with van der Waals surface area (Å²) in [5.41, 5.74) is 1.88. The summed E-state index contributed by atoms with van der Waals surface area (Å²) in [6.45, 7) is -0.559. The summed E-state index contributed by atoms with van der Waals surface area (Å²) < 4.78 is 74.2. The fourth-order valence-corrected chi connectivity index (χ4v) is 3.63. The molecular weight excluding hydrogens is 384 g/mol. The highest BCUT2D eigenvalue weighted by Crippen LogP contribution is 2.43. The molecule has 0 amide bonds. The van der Waals surface area contributed by atoms with E-state index in [4.69, 9.17) is 5.14 Å². The predicted molar refractivity (Wildman–Crippen MR) is 92.6 cm³/mol. The van der Waals surface area contributed by atoms with E-state index in [0.717, 1.165) is 23.3 Å². The molecule has 2 aromatic rings. The Bertz CT molecular complexity index is 966. The first-order valence-electron chi connectivity index (χ1n) is 8.04. The van der Waals surface area contributed by atoms with E-state index in [1.54, 1.807) is 0 Å². The van der Waals surface area contributed by atoms with Crippen molar-refractivity contribution in [3.05, 3.63) is 59.3 Å². The maximum Gasteiger partial charge on any atom is 0.416 e. The third-order valence-corrected chi connectivity index (χ3v) is 5.33. The smallest absolute Gasteiger partial charge is 0.251 e. The Balaban J connectivity index is 2.01. The van der Waals surface area contributed by atoms with Crippen molar-refractivity contribution in [3.63, 3.8) is 0 Å². The van der Waals surface area contributed by atoms with Gasteiger partial charge in [-0.25, -0.2) is 18.5 Å². The highest BCUT2D eigenvalue weighted by molar-refractivity contribution is 7.89. The molecule has 0 saturated carbocycles. The molecule has 0 bridgehead atoms. The first kappa shape index (κ1) is 19.5. The number of sulfonamides is 1. The Hall–Kier alpha value is -2.26. The van der Waals surface area contributed by atoms with Crippen molar-refractivity contribution in [2.45, 2.75) is 24.0 Å². The molecule has 1 aromatic carbocycles. The van der Waals surface area contributed by atoms with Gasteiger partial charge in [-0.05, 0) is 59.2 Å². The Morgan fingerprint density at radius 1 is 1.00 bits per heavy atom. The minimum atomic E-state index is -4.43. The molecule has 2 N–H and O–H groups in total. The zero-order valence-corrected chi connectivity index (χ0v) is 14.8. The van der Waals surface area contributed by atoms with Crippen LogP contribution < -0.4 is 5.14 Å². The molecule has 1 aliphatic carbocycles. The molecule has 9 heteroatoms. The third kappa shape index (κ3) is 4.19. The summed E-state index contributed by atoms with van der Waals surface area (Å²) in [5.74, 6) is -0.282. The van der Waals surface area contributed by atoms with Crippen molar-refractivity contribution in [2.75, 3.05) is 6.67 Å². The standard InChI is InChI=1S/C18H16F4N2O2S/c19-9-11-7-15(12-1-4-14(5-2-12)18(20,21)22)16(8-11)13-3-6-17(24-10-13)27(23,25)26/h1-6,10-11H,7-9H2,(H2,23,25,26). The number of hydrogen-bond donors (Lipinski definition) is 1. The SMILES string of the molecule is NS(=O)(=O)c1ccc(C2=C(c3ccc(C(F)(F)F)cc3)CC(CF)C2)cn1. The Morgan fingerprint density at radius 3 is 2.00 bits per heavy atom. The number of nitrogens with two attached hydrogens (primary N) is 1. The van der Waals surface area contributed by atoms with Gasteiger partial charge < -0.3 is 0 Å². The van der Waals surface area contributed by atoms with E-state index in [1.165, 1.54) is 30.5 Å². The number of pyridine rings is 1. The van der Waals surface area contributed by atoms with Crippen LogP contribution in [0.15, 0.2) is 47.6 Å². The largest absolute Gasteiger partial charge is 0.416 e. The van der Waals surface area contributed by atoms with Crippen LogP contribution in [-0.4, -0.2) is 20.1 Å². The molecule has 0 spiro atoms. The minimum absolute atomic E-state index is 0.282. The monoisotopic (exact) mass is 400 g/mol. The lowest BCUT2D eigenvalue weighted by atomic mass is 9.97. The van der Waals surface area contributed by atoms with Crippen LogP contribution >= 0.6 is 0 Å². The minimum Gasteiger partial charge on any atom is -0.251 e. The lowest BCUT2D eigenvalue weighted by Gasteiger charge is -2.11. The topological polar surface area (TPSA) is 73.1 Å². The zero-order valence-electron chi connectivity index (χ0n) is 14.0. The zero-order chi connectivity index (χ0) is 19.8. The van der Waals surface area contributed by atoms with E-state index >= 15 is 0 Å². The first-order chi connectivity index (χ1) is 12.6.